The summed E-state index contributed by atoms with van der Waals surface area (Å²) in [4.78, 5) is 22.0. The van der Waals surface area contributed by atoms with Crippen molar-refractivity contribution in [3.8, 4) is 11.1 Å². The lowest BCUT2D eigenvalue weighted by Crippen LogP contribution is -2.16. The predicted octanol–water partition coefficient (Wildman–Crippen LogP) is 3.64. The van der Waals surface area contributed by atoms with Gasteiger partial charge in [-0.3, -0.25) is 4.79 Å². The summed E-state index contributed by atoms with van der Waals surface area (Å²) in [5, 5.41) is 18.5. The Bertz CT molecular complexity index is 749. The molecule has 0 aliphatic carbocycles. The van der Waals surface area contributed by atoms with Crippen molar-refractivity contribution in [2.75, 3.05) is 6.54 Å². The molecule has 0 bridgehead atoms. The Labute approximate surface area is 150 Å². The van der Waals surface area contributed by atoms with Crippen LogP contribution in [0.5, 0.6) is 0 Å². The zero-order valence-corrected chi connectivity index (χ0v) is 14.2. The van der Waals surface area contributed by atoms with E-state index in [0.717, 1.165) is 5.56 Å². The van der Waals surface area contributed by atoms with Gasteiger partial charge in [-0.25, -0.2) is 4.79 Å². The van der Waals surface area contributed by atoms with Crippen LogP contribution in [0.1, 0.15) is 28.3 Å². The molecule has 0 aliphatic rings. The van der Waals surface area contributed by atoms with Gasteiger partial charge >= 0.3 is 11.9 Å². The van der Waals surface area contributed by atoms with Gasteiger partial charge in [0.15, 0.2) is 0 Å². The van der Waals surface area contributed by atoms with Crippen LogP contribution in [0.2, 0.25) is 5.02 Å². The van der Waals surface area contributed by atoms with Crippen molar-refractivity contribution < 1.29 is 19.8 Å². The first-order chi connectivity index (χ1) is 10.9. The Kier molecular flexibility index (Phi) is 7.22. The molecule has 0 fully saturated rings. The van der Waals surface area contributed by atoms with Crippen molar-refractivity contribution in [3.63, 3.8) is 0 Å². The zero-order valence-electron chi connectivity index (χ0n) is 12.6. The Morgan fingerprint density at radius 3 is 2.42 bits per heavy atom. The minimum Gasteiger partial charge on any atom is -0.481 e. The van der Waals surface area contributed by atoms with Gasteiger partial charge in [-0.1, -0.05) is 29.8 Å². The van der Waals surface area contributed by atoms with E-state index in [2.05, 4.69) is 0 Å². The minimum absolute atomic E-state index is 0. The molecule has 7 heteroatoms. The van der Waals surface area contributed by atoms with Crippen LogP contribution in [-0.2, 0) is 4.79 Å². The zero-order chi connectivity index (χ0) is 17.0. The fourth-order valence-electron chi connectivity index (χ4n) is 2.39. The number of hydrogen-bond acceptors (Lipinski definition) is 3. The van der Waals surface area contributed by atoms with Gasteiger partial charge in [0, 0.05) is 16.5 Å². The first-order valence-corrected chi connectivity index (χ1v) is 7.35. The number of benzene rings is 2. The number of hydrogen-bond donors (Lipinski definition) is 3. The molecule has 2 aromatic carbocycles. The van der Waals surface area contributed by atoms with Crippen LogP contribution < -0.4 is 5.73 Å². The van der Waals surface area contributed by atoms with Crippen molar-refractivity contribution in [1.29, 1.82) is 0 Å². The molecule has 0 unspecified atom stereocenters. The van der Waals surface area contributed by atoms with Crippen LogP contribution in [0.4, 0.5) is 0 Å². The van der Waals surface area contributed by atoms with E-state index >= 15 is 0 Å². The van der Waals surface area contributed by atoms with E-state index < -0.39 is 11.9 Å². The maximum absolute atomic E-state index is 11.1. The monoisotopic (exact) mass is 369 g/mol. The molecule has 0 aromatic heterocycles. The van der Waals surface area contributed by atoms with Crippen LogP contribution in [0, 0.1) is 0 Å². The quantitative estimate of drug-likeness (QED) is 0.721. The van der Waals surface area contributed by atoms with Crippen LogP contribution in [0.15, 0.2) is 42.5 Å². The summed E-state index contributed by atoms with van der Waals surface area (Å²) in [5.74, 6) is -2.28. The average Bonchev–Trinajstić information content (AvgIpc) is 2.53. The fourth-order valence-corrected chi connectivity index (χ4v) is 2.61. The molecular weight excluding hydrogens is 353 g/mol. The van der Waals surface area contributed by atoms with Crippen molar-refractivity contribution in [2.45, 2.75) is 12.3 Å². The molecule has 0 spiro atoms. The largest absolute Gasteiger partial charge is 0.481 e. The van der Waals surface area contributed by atoms with Gasteiger partial charge in [-0.05, 0) is 41.9 Å². The van der Waals surface area contributed by atoms with E-state index in [0.29, 0.717) is 16.1 Å². The number of halogens is 2. The highest BCUT2D eigenvalue weighted by Crippen LogP contribution is 2.32. The average molecular weight is 370 g/mol. The van der Waals surface area contributed by atoms with E-state index in [9.17, 15) is 9.59 Å². The summed E-state index contributed by atoms with van der Waals surface area (Å²) in [6.45, 7) is 0.197. The second-order valence-electron chi connectivity index (χ2n) is 5.16. The lowest BCUT2D eigenvalue weighted by Gasteiger charge is -2.15. The lowest BCUT2D eigenvalue weighted by molar-refractivity contribution is -0.137. The van der Waals surface area contributed by atoms with Crippen LogP contribution in [-0.4, -0.2) is 28.7 Å². The summed E-state index contributed by atoms with van der Waals surface area (Å²) in [6, 6.07) is 11.6. The number of carbonyl (C=O) groups is 2. The minimum atomic E-state index is -1.02. The molecule has 24 heavy (non-hydrogen) atoms. The first-order valence-electron chi connectivity index (χ1n) is 6.97. The van der Waals surface area contributed by atoms with Gasteiger partial charge in [0.05, 0.1) is 12.0 Å². The maximum Gasteiger partial charge on any atom is 0.335 e. The molecule has 1 atom stereocenters. The van der Waals surface area contributed by atoms with Gasteiger partial charge in [-0.2, -0.15) is 0 Å². The third-order valence-electron chi connectivity index (χ3n) is 3.59. The second kappa shape index (κ2) is 8.68. The molecule has 5 nitrogen and oxygen atoms in total. The second-order valence-corrected chi connectivity index (χ2v) is 5.56. The summed E-state index contributed by atoms with van der Waals surface area (Å²) in [5.41, 5.74) is 7.89. The predicted molar refractivity (Wildman–Crippen MR) is 95.1 cm³/mol. The maximum atomic E-state index is 11.1. The van der Waals surface area contributed by atoms with Gasteiger partial charge in [0.1, 0.15) is 0 Å². The summed E-state index contributed by atoms with van der Waals surface area (Å²) >= 11 is 6.22. The molecule has 0 saturated heterocycles. The topological polar surface area (TPSA) is 101 Å². The Morgan fingerprint density at radius 1 is 1.12 bits per heavy atom. The highest BCUT2D eigenvalue weighted by molar-refractivity contribution is 6.33. The normalized spacial score (nSPS) is 11.4. The SMILES string of the molecule is Cl.NC[C@@H](CC(=O)O)c1ccc(Cl)c(-c2cccc(C(=O)O)c2)c1. The Hall–Kier alpha value is -2.08. The molecule has 2 rings (SSSR count). The summed E-state index contributed by atoms with van der Waals surface area (Å²) in [7, 11) is 0. The van der Waals surface area contributed by atoms with Crippen molar-refractivity contribution in [3.05, 3.63) is 58.6 Å². The number of carboxylic acids is 2. The molecule has 0 aliphatic heterocycles. The molecule has 4 N–H and O–H groups in total. The molecular formula is C17H17Cl2NO4. The third-order valence-corrected chi connectivity index (χ3v) is 3.92. The summed E-state index contributed by atoms with van der Waals surface area (Å²) in [6.07, 6.45) is -0.0766. The van der Waals surface area contributed by atoms with Crippen LogP contribution >= 0.6 is 24.0 Å². The van der Waals surface area contributed by atoms with Crippen molar-refractivity contribution >= 4 is 35.9 Å². The van der Waals surface area contributed by atoms with E-state index in [1.807, 2.05) is 0 Å². The van der Waals surface area contributed by atoms with Crippen LogP contribution in [0.3, 0.4) is 0 Å². The van der Waals surface area contributed by atoms with E-state index in [-0.39, 0.29) is 36.9 Å². The van der Waals surface area contributed by atoms with Crippen molar-refractivity contribution in [2.24, 2.45) is 5.73 Å². The highest BCUT2D eigenvalue weighted by Gasteiger charge is 2.16. The number of aliphatic carboxylic acids is 1. The Morgan fingerprint density at radius 2 is 1.83 bits per heavy atom. The van der Waals surface area contributed by atoms with Gasteiger partial charge in [0.25, 0.3) is 0 Å². The molecule has 0 radical (unpaired) electrons. The Balaban J connectivity index is 0.00000288. The van der Waals surface area contributed by atoms with Gasteiger partial charge in [0.2, 0.25) is 0 Å². The number of aromatic carboxylic acids is 1. The van der Waals surface area contributed by atoms with Gasteiger partial charge < -0.3 is 15.9 Å². The van der Waals surface area contributed by atoms with Crippen LogP contribution in [0.25, 0.3) is 11.1 Å². The molecule has 0 amide bonds. The first kappa shape index (κ1) is 20.0. The number of rotatable bonds is 6. The lowest BCUT2D eigenvalue weighted by atomic mass is 9.92. The molecule has 0 heterocycles. The molecule has 128 valence electrons. The standard InChI is InChI=1S/C17H16ClNO4.ClH/c18-15-5-4-10(13(9-19)8-16(20)21)7-14(15)11-2-1-3-12(6-11)17(22)23;/h1-7,13H,8-9,19H2,(H,20,21)(H,22,23);1H/t13-;/m1./s1. The van der Waals surface area contributed by atoms with E-state index in [4.69, 9.17) is 27.5 Å². The number of carboxylic acid groups (broad SMARTS) is 2. The fraction of sp³-hybridized carbons (Fsp3) is 0.176. The smallest absolute Gasteiger partial charge is 0.335 e. The van der Waals surface area contributed by atoms with Crippen molar-refractivity contribution in [1.82, 2.24) is 0 Å². The highest BCUT2D eigenvalue weighted by atomic mass is 35.5. The molecule has 0 saturated carbocycles. The van der Waals surface area contributed by atoms with E-state index in [1.54, 1.807) is 30.3 Å². The van der Waals surface area contributed by atoms with Gasteiger partial charge in [-0.15, -0.1) is 12.4 Å². The summed E-state index contributed by atoms with van der Waals surface area (Å²) < 4.78 is 0. The molecule has 2 aromatic rings. The third kappa shape index (κ3) is 4.71. The number of nitrogens with two attached hydrogens (primary N) is 1. The van der Waals surface area contributed by atoms with E-state index in [1.165, 1.54) is 12.1 Å².